The zero-order chi connectivity index (χ0) is 30.2. The van der Waals surface area contributed by atoms with E-state index in [4.69, 9.17) is 4.74 Å². The Hall–Kier alpha value is -5.24. The number of rotatable bonds is 10. The second kappa shape index (κ2) is 13.6. The van der Waals surface area contributed by atoms with E-state index < -0.39 is 23.9 Å². The van der Waals surface area contributed by atoms with Crippen molar-refractivity contribution >= 4 is 23.6 Å². The number of hydrazone groups is 1. The van der Waals surface area contributed by atoms with Gasteiger partial charge in [0, 0.05) is 18.9 Å². The molecule has 5 rings (SSSR count). The van der Waals surface area contributed by atoms with Crippen molar-refractivity contribution in [2.45, 2.75) is 38.8 Å². The van der Waals surface area contributed by atoms with Gasteiger partial charge in [0.05, 0.1) is 0 Å². The Morgan fingerprint density at radius 3 is 2.05 bits per heavy atom. The third-order valence-electron chi connectivity index (χ3n) is 7.47. The Labute approximate surface area is 251 Å². The molecule has 0 saturated heterocycles. The highest BCUT2D eigenvalue weighted by Gasteiger charge is 2.30. The van der Waals surface area contributed by atoms with Crippen LogP contribution >= 0.6 is 0 Å². The maximum Gasteiger partial charge on any atom is 0.407 e. The minimum atomic E-state index is -0.981. The maximum atomic E-state index is 13.2. The zero-order valence-corrected chi connectivity index (χ0v) is 24.2. The molecule has 8 heteroatoms. The molecule has 43 heavy (non-hydrogen) atoms. The molecule has 0 saturated carbocycles. The van der Waals surface area contributed by atoms with Crippen molar-refractivity contribution in [2.75, 3.05) is 6.61 Å². The number of fused-ring (bicyclic) bond motifs is 3. The van der Waals surface area contributed by atoms with Crippen molar-refractivity contribution in [3.63, 3.8) is 0 Å². The molecule has 1 aliphatic carbocycles. The second-order valence-electron chi connectivity index (χ2n) is 10.6. The van der Waals surface area contributed by atoms with Crippen molar-refractivity contribution in [1.29, 1.82) is 0 Å². The van der Waals surface area contributed by atoms with Crippen LogP contribution in [0.1, 0.15) is 40.7 Å². The van der Waals surface area contributed by atoms with E-state index in [1.807, 2.05) is 97.9 Å². The summed E-state index contributed by atoms with van der Waals surface area (Å²) >= 11 is 0. The quantitative estimate of drug-likeness (QED) is 0.178. The van der Waals surface area contributed by atoms with Gasteiger partial charge in [-0.3, -0.25) is 9.59 Å². The normalized spacial score (nSPS) is 12.9. The first-order chi connectivity index (χ1) is 20.9. The minimum absolute atomic E-state index is 0.0834. The lowest BCUT2D eigenvalue weighted by atomic mass is 9.98. The van der Waals surface area contributed by atoms with E-state index in [9.17, 15) is 14.4 Å². The molecular formula is C35H34N4O4. The summed E-state index contributed by atoms with van der Waals surface area (Å²) in [5, 5.41) is 9.48. The summed E-state index contributed by atoms with van der Waals surface area (Å²) in [6.45, 7) is 3.96. The van der Waals surface area contributed by atoms with Crippen molar-refractivity contribution in [1.82, 2.24) is 16.1 Å². The van der Waals surface area contributed by atoms with E-state index >= 15 is 0 Å². The standard InChI is InChI=1S/C35H34N4O4/c1-23-16-18-26(19-17-23)21-36-33(40)24(2)38-39-34(41)32(20-25-10-4-3-5-11-25)37-35(42)43-22-31-29-14-8-6-12-27(29)28-13-7-9-15-30(28)31/h3-19,31-32H,20-22H2,1-2H3,(H,36,40)(H,37,42)(H,39,41)/b38-24-/t32-/m0/s1. The molecule has 0 bridgehead atoms. The highest BCUT2D eigenvalue weighted by molar-refractivity contribution is 6.37. The van der Waals surface area contributed by atoms with Crippen molar-refractivity contribution in [3.05, 3.63) is 131 Å². The number of nitrogens with one attached hydrogen (secondary N) is 3. The largest absolute Gasteiger partial charge is 0.449 e. The van der Waals surface area contributed by atoms with Crippen LogP contribution in [0.25, 0.3) is 11.1 Å². The molecular weight excluding hydrogens is 540 g/mol. The average molecular weight is 575 g/mol. The van der Waals surface area contributed by atoms with Crippen molar-refractivity contribution in [2.24, 2.45) is 5.10 Å². The van der Waals surface area contributed by atoms with Gasteiger partial charge >= 0.3 is 6.09 Å². The van der Waals surface area contributed by atoms with Gasteiger partial charge in [0.25, 0.3) is 11.8 Å². The van der Waals surface area contributed by atoms with Crippen LogP contribution in [0.15, 0.2) is 108 Å². The summed E-state index contributed by atoms with van der Waals surface area (Å²) < 4.78 is 5.67. The van der Waals surface area contributed by atoms with Crippen LogP contribution in [-0.4, -0.2) is 36.3 Å². The molecule has 3 amide bonds. The number of ether oxygens (including phenoxy) is 1. The SMILES string of the molecule is C/C(=N/NC(=O)[C@H](Cc1ccccc1)NC(=O)OCC1c2ccccc2-c2ccccc21)C(=O)NCc1ccc(C)cc1. The van der Waals surface area contributed by atoms with E-state index in [0.29, 0.717) is 6.54 Å². The lowest BCUT2D eigenvalue weighted by Gasteiger charge is -2.19. The van der Waals surface area contributed by atoms with E-state index in [2.05, 4.69) is 33.3 Å². The Bertz CT molecular complexity index is 1590. The second-order valence-corrected chi connectivity index (χ2v) is 10.6. The number of aryl methyl sites for hydroxylation is 1. The van der Waals surface area contributed by atoms with Gasteiger partial charge in [0.2, 0.25) is 0 Å². The van der Waals surface area contributed by atoms with Gasteiger partial charge in [-0.25, -0.2) is 10.2 Å². The average Bonchev–Trinajstić information content (AvgIpc) is 3.35. The van der Waals surface area contributed by atoms with Crippen LogP contribution in [0, 0.1) is 6.92 Å². The Morgan fingerprint density at radius 2 is 1.40 bits per heavy atom. The van der Waals surface area contributed by atoms with E-state index in [1.165, 1.54) is 6.92 Å². The van der Waals surface area contributed by atoms with Gasteiger partial charge in [-0.05, 0) is 47.2 Å². The first-order valence-electron chi connectivity index (χ1n) is 14.2. The summed E-state index contributed by atoms with van der Waals surface area (Å²) in [7, 11) is 0. The molecule has 8 nitrogen and oxygen atoms in total. The topological polar surface area (TPSA) is 109 Å². The van der Waals surface area contributed by atoms with Crippen molar-refractivity contribution < 1.29 is 19.1 Å². The fourth-order valence-corrected chi connectivity index (χ4v) is 5.13. The first-order valence-corrected chi connectivity index (χ1v) is 14.2. The summed E-state index contributed by atoms with van der Waals surface area (Å²) in [6.07, 6.45) is -0.500. The molecule has 0 heterocycles. The zero-order valence-electron chi connectivity index (χ0n) is 24.2. The van der Waals surface area contributed by atoms with Gasteiger partial charge in [-0.2, -0.15) is 5.10 Å². The molecule has 3 N–H and O–H groups in total. The monoisotopic (exact) mass is 574 g/mol. The predicted octanol–water partition coefficient (Wildman–Crippen LogP) is 5.25. The highest BCUT2D eigenvalue weighted by atomic mass is 16.5. The number of carbonyl (C=O) groups is 3. The molecule has 0 aliphatic heterocycles. The molecule has 1 atom stereocenters. The molecule has 1 aliphatic rings. The van der Waals surface area contributed by atoms with Gasteiger partial charge < -0.3 is 15.4 Å². The van der Waals surface area contributed by atoms with Crippen LogP contribution in [-0.2, 0) is 27.3 Å². The molecule has 0 fully saturated rings. The Balaban J connectivity index is 1.21. The predicted molar refractivity (Wildman–Crippen MR) is 166 cm³/mol. The fourth-order valence-electron chi connectivity index (χ4n) is 5.13. The van der Waals surface area contributed by atoms with E-state index in [-0.39, 0.29) is 24.7 Å². The van der Waals surface area contributed by atoms with E-state index in [1.54, 1.807) is 0 Å². The van der Waals surface area contributed by atoms with Gasteiger partial charge in [0.15, 0.2) is 0 Å². The molecule has 218 valence electrons. The minimum Gasteiger partial charge on any atom is -0.449 e. The third kappa shape index (κ3) is 7.35. The molecule has 0 aromatic heterocycles. The number of benzene rings is 4. The smallest absolute Gasteiger partial charge is 0.407 e. The summed E-state index contributed by atoms with van der Waals surface area (Å²) in [4.78, 5) is 38.7. The van der Waals surface area contributed by atoms with Crippen LogP contribution in [0.4, 0.5) is 4.79 Å². The van der Waals surface area contributed by atoms with E-state index in [0.717, 1.165) is 38.9 Å². The summed E-state index contributed by atoms with van der Waals surface area (Å²) in [5.41, 5.74) is 9.90. The number of carbonyl (C=O) groups excluding carboxylic acids is 3. The van der Waals surface area contributed by atoms with Crippen LogP contribution in [0.2, 0.25) is 0 Å². The number of alkyl carbamates (subject to hydrolysis) is 1. The van der Waals surface area contributed by atoms with Crippen LogP contribution < -0.4 is 16.1 Å². The lowest BCUT2D eigenvalue weighted by molar-refractivity contribution is -0.123. The summed E-state index contributed by atoms with van der Waals surface area (Å²) in [6, 6.07) is 32.3. The third-order valence-corrected chi connectivity index (χ3v) is 7.47. The summed E-state index contributed by atoms with van der Waals surface area (Å²) in [5.74, 6) is -1.08. The number of hydrogen-bond acceptors (Lipinski definition) is 5. The highest BCUT2D eigenvalue weighted by Crippen LogP contribution is 2.44. The first kappa shape index (κ1) is 29.3. The molecule has 4 aromatic carbocycles. The lowest BCUT2D eigenvalue weighted by Crippen LogP contribution is -2.47. The molecule has 4 aromatic rings. The van der Waals surface area contributed by atoms with Crippen LogP contribution in [0.3, 0.4) is 0 Å². The van der Waals surface area contributed by atoms with Gasteiger partial charge in [0.1, 0.15) is 18.4 Å². The Kier molecular flexibility index (Phi) is 9.26. The van der Waals surface area contributed by atoms with Gasteiger partial charge in [-0.1, -0.05) is 109 Å². The van der Waals surface area contributed by atoms with Gasteiger partial charge in [-0.15, -0.1) is 0 Å². The number of nitrogens with zero attached hydrogens (tertiary/aromatic N) is 1. The molecule has 0 spiro atoms. The van der Waals surface area contributed by atoms with Crippen molar-refractivity contribution in [3.8, 4) is 11.1 Å². The fraction of sp³-hybridized carbons (Fsp3) is 0.200. The van der Waals surface area contributed by atoms with Crippen LogP contribution in [0.5, 0.6) is 0 Å². The molecule has 0 unspecified atom stereocenters. The maximum absolute atomic E-state index is 13.2. The Morgan fingerprint density at radius 1 is 0.791 bits per heavy atom. The molecule has 0 radical (unpaired) electrons. The number of hydrogen-bond donors (Lipinski definition) is 3. The number of amides is 3.